The van der Waals surface area contributed by atoms with Gasteiger partial charge in [0.05, 0.1) is 13.2 Å². The topological polar surface area (TPSA) is 114 Å². The third-order valence-corrected chi connectivity index (χ3v) is 6.17. The van der Waals surface area contributed by atoms with Gasteiger partial charge in [-0.1, -0.05) is 11.8 Å². The number of nitrogen functional groups attached to an aromatic ring is 1. The molecular formula is C12H20N5O4PS. The van der Waals surface area contributed by atoms with E-state index in [1.807, 2.05) is 6.92 Å². The van der Waals surface area contributed by atoms with E-state index < -0.39 is 7.60 Å². The number of imidazole rings is 1. The second kappa shape index (κ2) is 7.96. The minimum absolute atomic E-state index is 0.0996. The van der Waals surface area contributed by atoms with Gasteiger partial charge in [0.15, 0.2) is 16.5 Å². The Morgan fingerprint density at radius 3 is 2.52 bits per heavy atom. The van der Waals surface area contributed by atoms with Crippen molar-refractivity contribution in [3.05, 3.63) is 6.33 Å². The van der Waals surface area contributed by atoms with Crippen LogP contribution in [-0.2, 0) is 13.6 Å². The summed E-state index contributed by atoms with van der Waals surface area (Å²) >= 11 is 1.15. The highest BCUT2D eigenvalue weighted by Gasteiger charge is 2.25. The van der Waals surface area contributed by atoms with Crippen LogP contribution in [0.2, 0.25) is 0 Å². The molecule has 128 valence electrons. The highest BCUT2D eigenvalue weighted by atomic mass is 32.2. The van der Waals surface area contributed by atoms with Crippen molar-refractivity contribution < 1.29 is 18.5 Å². The predicted octanol–water partition coefficient (Wildman–Crippen LogP) is 2.17. The summed E-state index contributed by atoms with van der Waals surface area (Å²) in [6.45, 7) is 6.44. The largest absolute Gasteiger partial charge is 0.411 e. The van der Waals surface area contributed by atoms with Crippen LogP contribution in [0.15, 0.2) is 11.5 Å². The Bertz CT molecular complexity index is 700. The number of fused-ring (bicyclic) bond motifs is 1. The number of hydrogen-bond acceptors (Lipinski definition) is 9. The molecule has 11 heteroatoms. The summed E-state index contributed by atoms with van der Waals surface area (Å²) in [6.07, 6.45) is 1.49. The average molecular weight is 361 g/mol. The van der Waals surface area contributed by atoms with Gasteiger partial charge in [0, 0.05) is 0 Å². The predicted molar refractivity (Wildman–Crippen MR) is 88.4 cm³/mol. The first-order valence-electron chi connectivity index (χ1n) is 7.17. The van der Waals surface area contributed by atoms with E-state index in [2.05, 4.69) is 15.0 Å². The van der Waals surface area contributed by atoms with E-state index >= 15 is 0 Å². The molecule has 0 aromatic carbocycles. The van der Waals surface area contributed by atoms with Crippen LogP contribution in [0, 0.1) is 0 Å². The van der Waals surface area contributed by atoms with Gasteiger partial charge in [-0.2, -0.15) is 9.71 Å². The van der Waals surface area contributed by atoms with Crippen LogP contribution in [-0.4, -0.2) is 45.0 Å². The zero-order valence-electron chi connectivity index (χ0n) is 13.3. The molecule has 0 atom stereocenters. The highest BCUT2D eigenvalue weighted by Crippen LogP contribution is 2.51. The summed E-state index contributed by atoms with van der Waals surface area (Å²) < 4.78 is 24.4. The minimum Gasteiger partial charge on any atom is -0.411 e. The lowest BCUT2D eigenvalue weighted by Gasteiger charge is -2.15. The smallest absolute Gasteiger partial charge is 0.340 e. The van der Waals surface area contributed by atoms with Crippen molar-refractivity contribution in [2.75, 3.05) is 31.0 Å². The number of nitrogens with two attached hydrogens (primary N) is 1. The van der Waals surface area contributed by atoms with E-state index in [0.29, 0.717) is 36.1 Å². The van der Waals surface area contributed by atoms with E-state index in [-0.39, 0.29) is 11.3 Å². The molecule has 0 aliphatic carbocycles. The number of hydrogen-bond donors (Lipinski definition) is 1. The summed E-state index contributed by atoms with van der Waals surface area (Å²) in [5.74, 6) is 0.235. The van der Waals surface area contributed by atoms with Crippen molar-refractivity contribution in [2.45, 2.75) is 25.9 Å². The first kappa shape index (κ1) is 18.0. The van der Waals surface area contributed by atoms with Gasteiger partial charge in [-0.25, -0.2) is 9.97 Å². The van der Waals surface area contributed by atoms with Gasteiger partial charge in [0.2, 0.25) is 5.65 Å². The van der Waals surface area contributed by atoms with Gasteiger partial charge in [0.25, 0.3) is 0 Å². The van der Waals surface area contributed by atoms with E-state index in [1.165, 1.54) is 11.1 Å². The van der Waals surface area contributed by atoms with Crippen LogP contribution in [0.25, 0.3) is 11.2 Å². The molecule has 2 N–H and O–H groups in total. The van der Waals surface area contributed by atoms with Crippen LogP contribution in [0.4, 0.5) is 5.82 Å². The molecule has 0 amide bonds. The molecule has 0 unspecified atom stereocenters. The molecule has 0 bridgehead atoms. The zero-order valence-corrected chi connectivity index (χ0v) is 15.0. The lowest BCUT2D eigenvalue weighted by Crippen LogP contribution is -2.10. The van der Waals surface area contributed by atoms with Crippen molar-refractivity contribution in [1.82, 2.24) is 19.7 Å². The Morgan fingerprint density at radius 1 is 1.22 bits per heavy atom. The minimum atomic E-state index is -3.18. The maximum absolute atomic E-state index is 12.5. The van der Waals surface area contributed by atoms with Gasteiger partial charge in [-0.15, -0.1) is 0 Å². The summed E-state index contributed by atoms with van der Waals surface area (Å²) in [7, 11) is -3.18. The highest BCUT2D eigenvalue weighted by molar-refractivity contribution is 8.04. The summed E-state index contributed by atoms with van der Waals surface area (Å²) in [6, 6.07) is 0. The number of aromatic nitrogens is 4. The van der Waals surface area contributed by atoms with Gasteiger partial charge < -0.3 is 19.6 Å². The normalized spacial score (nSPS) is 12.0. The van der Waals surface area contributed by atoms with Gasteiger partial charge >= 0.3 is 7.60 Å². The molecule has 9 nitrogen and oxygen atoms in total. The molecule has 0 saturated heterocycles. The fourth-order valence-corrected chi connectivity index (χ4v) is 4.69. The molecular weight excluding hydrogens is 341 g/mol. The molecule has 0 spiro atoms. The summed E-state index contributed by atoms with van der Waals surface area (Å²) in [4.78, 5) is 18.0. The molecule has 0 radical (unpaired) electrons. The van der Waals surface area contributed by atoms with Crippen molar-refractivity contribution in [3.63, 3.8) is 0 Å². The van der Waals surface area contributed by atoms with E-state index in [9.17, 15) is 4.57 Å². The first-order valence-corrected chi connectivity index (χ1v) is 9.89. The quantitative estimate of drug-likeness (QED) is 0.407. The van der Waals surface area contributed by atoms with Crippen molar-refractivity contribution in [1.29, 1.82) is 0 Å². The Hall–Kier alpha value is -1.35. The molecule has 2 aromatic heterocycles. The Labute approximate surface area is 138 Å². The number of thioether (sulfide) groups is 1. The van der Waals surface area contributed by atoms with Gasteiger partial charge in [-0.3, -0.25) is 4.57 Å². The van der Waals surface area contributed by atoms with Crippen LogP contribution in [0.5, 0.6) is 0 Å². The Kier molecular flexibility index (Phi) is 6.23. The Balaban J connectivity index is 2.22. The molecule has 0 saturated carbocycles. The summed E-state index contributed by atoms with van der Waals surface area (Å²) in [5.41, 5.74) is 6.92. The molecule has 2 heterocycles. The van der Waals surface area contributed by atoms with Crippen LogP contribution >= 0.6 is 19.4 Å². The maximum Gasteiger partial charge on any atom is 0.340 e. The fraction of sp³-hybridized carbons (Fsp3) is 0.583. The molecule has 0 fully saturated rings. The third-order valence-electron chi connectivity index (χ3n) is 2.64. The van der Waals surface area contributed by atoms with Crippen LogP contribution in [0.1, 0.15) is 20.8 Å². The van der Waals surface area contributed by atoms with Gasteiger partial charge in [0.1, 0.15) is 18.4 Å². The van der Waals surface area contributed by atoms with Gasteiger partial charge in [-0.05, 0) is 20.8 Å². The average Bonchev–Trinajstić information content (AvgIpc) is 2.90. The summed E-state index contributed by atoms with van der Waals surface area (Å²) in [5, 5.41) is 0.357. The molecule has 23 heavy (non-hydrogen) atoms. The number of rotatable bonds is 9. The van der Waals surface area contributed by atoms with Crippen LogP contribution in [0.3, 0.4) is 0 Å². The second-order valence-corrected chi connectivity index (χ2v) is 7.70. The first-order chi connectivity index (χ1) is 11.0. The SMILES string of the molecule is CCOn1cnc2c(N)nc(SCP(=O)(OCC)OCC)nc21. The second-order valence-electron chi connectivity index (χ2n) is 4.27. The van der Waals surface area contributed by atoms with Crippen molar-refractivity contribution >= 4 is 36.3 Å². The standard InChI is InChI=1S/C12H20N5O4PS/c1-4-19-17-7-14-9-10(13)15-12(16-11(9)17)23-8-22(18,20-5-2)21-6-3/h7H,4-6,8H2,1-3H3,(H2,13,15,16). The molecule has 2 aromatic rings. The third kappa shape index (κ3) is 4.35. The maximum atomic E-state index is 12.5. The number of nitrogens with zero attached hydrogens (tertiary/aromatic N) is 4. The zero-order chi connectivity index (χ0) is 16.9. The van der Waals surface area contributed by atoms with Crippen LogP contribution < -0.4 is 10.6 Å². The molecule has 0 aliphatic rings. The number of anilines is 1. The monoisotopic (exact) mass is 361 g/mol. The van der Waals surface area contributed by atoms with Crippen molar-refractivity contribution in [3.8, 4) is 0 Å². The van der Waals surface area contributed by atoms with Crippen molar-refractivity contribution in [2.24, 2.45) is 0 Å². The lowest BCUT2D eigenvalue weighted by atomic mass is 10.5. The van der Waals surface area contributed by atoms with E-state index in [4.69, 9.17) is 19.6 Å². The lowest BCUT2D eigenvalue weighted by molar-refractivity contribution is 0.129. The molecule has 2 rings (SSSR count). The van der Waals surface area contributed by atoms with E-state index in [0.717, 1.165) is 11.8 Å². The van der Waals surface area contributed by atoms with E-state index in [1.54, 1.807) is 13.8 Å². The molecule has 0 aliphatic heterocycles. The Morgan fingerprint density at radius 2 is 1.91 bits per heavy atom. The fourth-order valence-electron chi connectivity index (χ4n) is 1.82.